The summed E-state index contributed by atoms with van der Waals surface area (Å²) in [4.78, 5) is 12.1. The minimum atomic E-state index is -2.17. The van der Waals surface area contributed by atoms with Crippen LogP contribution in [0.2, 0.25) is 0 Å². The van der Waals surface area contributed by atoms with Crippen molar-refractivity contribution in [2.75, 3.05) is 46.2 Å². The second-order valence-corrected chi connectivity index (χ2v) is 22.7. The third kappa shape index (κ3) is 12.8. The number of nitrogens with zero attached hydrogens (tertiary/aromatic N) is 6. The van der Waals surface area contributed by atoms with Crippen molar-refractivity contribution >= 4 is 0 Å². The molecule has 502 valence electrons. The Bertz CT molecular complexity index is 2580. The highest BCUT2D eigenvalue weighted by Crippen LogP contribution is 2.43. The van der Waals surface area contributed by atoms with Gasteiger partial charge in [-0.15, -0.1) is 0 Å². The highest BCUT2D eigenvalue weighted by atomic mass is 16.8. The lowest BCUT2D eigenvalue weighted by atomic mass is 9.93. The molecule has 21 aliphatic rings. The molecule has 14 bridgehead atoms. The second kappa shape index (κ2) is 28.5. The standard InChI is InChI=1S/C51H76N6O32/c58-7-17-38-24(55-4-1-52-14-55)27(65)45(76-17)86-41-20(10-61)80-49(35(73)31(41)69)84-39-18(8-59)78-47(29(67)26(39)57-6-3-54-16-57)88-43-22(12-63)82-51(37(75)33(43)71)89-44-23(13-64)81-50(36(74)32(44)70)85-40-19(9-60)77-46(28(66)25(40)56-5-2-53-15-56)87-42-21(11-62)79-48(83-38)34(72)30(42)68/h1-6,14-51,58-75H,7-13H2/t17-,18+,19-,20+,21-,22-,23-,24-,25+,26-,27+,28+,29-,30+,31-,32+,33-,34-,35-,36+,37-,38-,39-,40-,41-,42-,43-,44-,45-,46-,47-,48-,49-,50-,51-/m1/s1. The van der Waals surface area contributed by atoms with E-state index in [0.717, 1.165) is 0 Å². The van der Waals surface area contributed by atoms with Crippen LogP contribution < -0.4 is 0 Å². The molecule has 3 aromatic heterocycles. The first kappa shape index (κ1) is 66.8. The molecule has 38 nitrogen and oxygen atoms in total. The normalized spacial score (nSPS) is 49.5. The molecule has 0 radical (unpaired) electrons. The fourth-order valence-corrected chi connectivity index (χ4v) is 12.8. The molecule has 0 aliphatic carbocycles. The van der Waals surface area contributed by atoms with E-state index in [2.05, 4.69) is 15.0 Å². The SMILES string of the molecule is OC[C@@H]1O[C@@H]2O[C@H]3[C@H](n4ccnc4)[C@@H](O)[C@@H](O[C@H]4[C@H](O)[C@@H](O)[C@@H](O[C@H]5[C@@H](O)[C@H](O)[C@@H](O[C@H]6[C@@H](n7ccnc7)[C@H](O)[C@@H](O[C@H]7[C@@H](O)[C@@H](O)[C@@H](O[C@H]8[C@H](n9ccnc9)[C@H](O)[C@@H](O[C@H]1[C@H](O)[C@H]2O)O[C@@H]8CO)O[C@@H]7CO)O[C@@H]6CO)O[C@@H]5CO)O[C@@H]4CO)O[C@H]3CO. The van der Waals surface area contributed by atoms with E-state index in [0.29, 0.717) is 0 Å². The van der Waals surface area contributed by atoms with Crippen LogP contribution in [0.5, 0.6) is 0 Å². The first-order valence-corrected chi connectivity index (χ1v) is 28.7. The lowest BCUT2D eigenvalue weighted by Gasteiger charge is -2.51. The Balaban J connectivity index is 0.933. The molecule has 0 saturated carbocycles. The summed E-state index contributed by atoms with van der Waals surface area (Å²) in [6.07, 6.45) is -48.3. The summed E-state index contributed by atoms with van der Waals surface area (Å²) in [5.41, 5.74) is 0. The smallest absolute Gasteiger partial charge is 0.187 e. The third-order valence-corrected chi connectivity index (χ3v) is 17.4. The monoisotopic (exact) mass is 1280 g/mol. The summed E-state index contributed by atoms with van der Waals surface area (Å²) in [7, 11) is 0. The molecule has 21 fully saturated rings. The van der Waals surface area contributed by atoms with E-state index >= 15 is 0 Å². The Morgan fingerprint density at radius 1 is 0.236 bits per heavy atom. The van der Waals surface area contributed by atoms with Gasteiger partial charge in [0, 0.05) is 37.2 Å². The second-order valence-electron chi connectivity index (χ2n) is 22.7. The van der Waals surface area contributed by atoms with E-state index in [9.17, 15) is 91.9 Å². The van der Waals surface area contributed by atoms with Crippen molar-refractivity contribution in [3.8, 4) is 0 Å². The van der Waals surface area contributed by atoms with Gasteiger partial charge in [-0.2, -0.15) is 0 Å². The van der Waals surface area contributed by atoms with Gasteiger partial charge in [-0.3, -0.25) is 0 Å². The molecule has 0 amide bonds. The van der Waals surface area contributed by atoms with Crippen LogP contribution in [-0.4, -0.2) is 363 Å². The average molecular weight is 1290 g/mol. The van der Waals surface area contributed by atoms with Gasteiger partial charge < -0.3 is 172 Å². The van der Waals surface area contributed by atoms with Crippen LogP contribution in [0.15, 0.2) is 56.2 Å². The molecule has 24 rings (SSSR count). The van der Waals surface area contributed by atoms with Crippen molar-refractivity contribution in [1.29, 1.82) is 0 Å². The van der Waals surface area contributed by atoms with Gasteiger partial charge in [-0.25, -0.2) is 15.0 Å². The Morgan fingerprint density at radius 2 is 0.416 bits per heavy atom. The molecule has 18 N–H and O–H groups in total. The van der Waals surface area contributed by atoms with Gasteiger partial charge in [0.1, 0.15) is 153 Å². The number of imidazole rings is 3. The molecule has 0 unspecified atom stereocenters. The minimum Gasteiger partial charge on any atom is -0.394 e. The van der Waals surface area contributed by atoms with Gasteiger partial charge >= 0.3 is 0 Å². The van der Waals surface area contributed by atoms with Crippen LogP contribution in [-0.2, 0) is 66.3 Å². The van der Waals surface area contributed by atoms with Gasteiger partial charge in [-0.05, 0) is 0 Å². The number of aliphatic hydroxyl groups is 18. The van der Waals surface area contributed by atoms with Crippen molar-refractivity contribution in [2.24, 2.45) is 0 Å². The van der Waals surface area contributed by atoms with Crippen LogP contribution >= 0.6 is 0 Å². The van der Waals surface area contributed by atoms with Gasteiger partial charge in [0.2, 0.25) is 0 Å². The molecule has 89 heavy (non-hydrogen) atoms. The van der Waals surface area contributed by atoms with E-state index in [1.165, 1.54) is 69.9 Å². The van der Waals surface area contributed by atoms with Crippen molar-refractivity contribution < 1.29 is 158 Å². The number of hydrogen-bond donors (Lipinski definition) is 18. The van der Waals surface area contributed by atoms with Crippen molar-refractivity contribution in [3.05, 3.63) is 56.2 Å². The molecule has 38 heteroatoms. The van der Waals surface area contributed by atoms with Crippen molar-refractivity contribution in [3.63, 3.8) is 0 Å². The largest absolute Gasteiger partial charge is 0.394 e. The predicted octanol–water partition coefficient (Wildman–Crippen LogP) is -12.0. The van der Waals surface area contributed by atoms with Crippen LogP contribution in [0.4, 0.5) is 0 Å². The highest BCUT2D eigenvalue weighted by Gasteiger charge is 2.60. The molecule has 21 aliphatic heterocycles. The molecule has 21 saturated heterocycles. The maximum Gasteiger partial charge on any atom is 0.187 e. The maximum absolute atomic E-state index is 12.2. The van der Waals surface area contributed by atoms with Gasteiger partial charge in [0.15, 0.2) is 44.0 Å². The van der Waals surface area contributed by atoms with E-state index in [-0.39, 0.29) is 0 Å². The van der Waals surface area contributed by atoms with Gasteiger partial charge in [-0.1, -0.05) is 0 Å². The Labute approximate surface area is 503 Å². The van der Waals surface area contributed by atoms with E-state index in [1.807, 2.05) is 0 Å². The number of aromatic nitrogens is 6. The zero-order valence-corrected chi connectivity index (χ0v) is 46.8. The lowest BCUT2D eigenvalue weighted by Crippen LogP contribution is -2.67. The summed E-state index contributed by atoms with van der Waals surface area (Å²) in [6, 6.07) is -4.34. The summed E-state index contributed by atoms with van der Waals surface area (Å²) < 4.78 is 88.6. The third-order valence-electron chi connectivity index (χ3n) is 17.4. The van der Waals surface area contributed by atoms with Crippen LogP contribution in [0.3, 0.4) is 0 Å². The lowest BCUT2D eigenvalue weighted by molar-refractivity contribution is -0.392. The summed E-state index contributed by atoms with van der Waals surface area (Å²) in [5.74, 6) is 0. The minimum absolute atomic E-state index is 0.936. The highest BCUT2D eigenvalue weighted by molar-refractivity contribution is 5.05. The Morgan fingerprint density at radius 3 is 0.596 bits per heavy atom. The molecule has 0 spiro atoms. The average Bonchev–Trinajstić information content (AvgIpc) is 2.04. The summed E-state index contributed by atoms with van der Waals surface area (Å²) in [6.45, 7) is -6.79. The van der Waals surface area contributed by atoms with Gasteiger partial charge in [0.25, 0.3) is 0 Å². The molecular weight excluding hydrogens is 1210 g/mol. The summed E-state index contributed by atoms with van der Waals surface area (Å²) in [5, 5.41) is 206. The van der Waals surface area contributed by atoms with Crippen LogP contribution in [0.1, 0.15) is 18.1 Å². The van der Waals surface area contributed by atoms with E-state index in [4.69, 9.17) is 66.3 Å². The topological polar surface area (TPSA) is 547 Å². The number of rotatable bonds is 10. The summed E-state index contributed by atoms with van der Waals surface area (Å²) >= 11 is 0. The van der Waals surface area contributed by atoms with E-state index < -0.39 is 261 Å². The van der Waals surface area contributed by atoms with Gasteiger partial charge in [0.05, 0.1) is 83.4 Å². The zero-order chi connectivity index (χ0) is 63.3. The van der Waals surface area contributed by atoms with Crippen molar-refractivity contribution in [2.45, 2.75) is 215 Å². The quantitative estimate of drug-likeness (QED) is 0.0896. The van der Waals surface area contributed by atoms with Crippen LogP contribution in [0.25, 0.3) is 0 Å². The Kier molecular flexibility index (Phi) is 21.4. The fraction of sp³-hybridized carbons (Fsp3) is 0.824. The number of ether oxygens (including phenoxy) is 14. The molecular formula is C51H76N6O32. The Hall–Kier alpha value is -3.65. The predicted molar refractivity (Wildman–Crippen MR) is 274 cm³/mol. The molecule has 24 heterocycles. The zero-order valence-electron chi connectivity index (χ0n) is 46.8. The maximum atomic E-state index is 12.2. The fourth-order valence-electron chi connectivity index (χ4n) is 12.8. The van der Waals surface area contributed by atoms with E-state index in [1.54, 1.807) is 0 Å². The molecule has 0 aromatic carbocycles. The first-order chi connectivity index (χ1) is 42.9. The first-order valence-electron chi connectivity index (χ1n) is 28.7. The number of hydrogen-bond acceptors (Lipinski definition) is 35. The number of aliphatic hydroxyl groups excluding tert-OH is 18. The molecule has 35 atom stereocenters. The molecule has 3 aromatic rings. The van der Waals surface area contributed by atoms with Crippen LogP contribution in [0, 0.1) is 0 Å². The van der Waals surface area contributed by atoms with Crippen molar-refractivity contribution in [1.82, 2.24) is 28.7 Å².